The highest BCUT2D eigenvalue weighted by molar-refractivity contribution is 6.36. The van der Waals surface area contributed by atoms with Gasteiger partial charge in [-0.2, -0.15) is 0 Å². The van der Waals surface area contributed by atoms with Crippen LogP contribution in [0.4, 0.5) is 0 Å². The van der Waals surface area contributed by atoms with E-state index in [0.29, 0.717) is 22.3 Å². The van der Waals surface area contributed by atoms with Gasteiger partial charge >= 0.3 is 11.9 Å². The number of carbonyl (C=O) groups is 3. The number of methoxy groups -OCH3 is 2. The number of carbonyl (C=O) groups excluding carboxylic acids is 3. The molecule has 1 spiro atoms. The Hall–Kier alpha value is -3.51. The van der Waals surface area contributed by atoms with Crippen molar-refractivity contribution in [3.8, 4) is 0 Å². The molecule has 6 nitrogen and oxygen atoms in total. The van der Waals surface area contributed by atoms with Crippen LogP contribution in [-0.4, -0.2) is 37.5 Å². The molecule has 0 amide bonds. The zero-order valence-corrected chi connectivity index (χ0v) is 20.1. The van der Waals surface area contributed by atoms with Gasteiger partial charge in [-0.3, -0.25) is 14.9 Å². The first-order chi connectivity index (χ1) is 16.9. The normalized spacial score (nSPS) is 27.1. The van der Waals surface area contributed by atoms with Crippen LogP contribution >= 0.6 is 0 Å². The van der Waals surface area contributed by atoms with Gasteiger partial charge in [0.1, 0.15) is 5.57 Å². The fourth-order valence-corrected chi connectivity index (χ4v) is 6.65. The van der Waals surface area contributed by atoms with Gasteiger partial charge in [-0.1, -0.05) is 86.5 Å². The molecule has 2 fully saturated rings. The monoisotopic (exact) mass is 471 g/mol. The number of ether oxygens (including phenoxy) is 2. The number of fused-ring (bicyclic) bond motifs is 1. The Morgan fingerprint density at radius 2 is 1.49 bits per heavy atom. The second-order valence-corrected chi connectivity index (χ2v) is 9.54. The molecule has 2 atom stereocenters. The highest BCUT2D eigenvalue weighted by Gasteiger charge is 2.79. The number of hydrogen-bond acceptors (Lipinski definition) is 6. The van der Waals surface area contributed by atoms with Crippen molar-refractivity contribution in [3.63, 3.8) is 0 Å². The second kappa shape index (κ2) is 8.31. The van der Waals surface area contributed by atoms with E-state index in [-0.39, 0.29) is 5.57 Å². The molecule has 1 saturated carbocycles. The van der Waals surface area contributed by atoms with E-state index in [0.717, 1.165) is 32.1 Å². The minimum Gasteiger partial charge on any atom is -0.468 e. The molecule has 1 N–H and O–H groups in total. The molecule has 0 bridgehead atoms. The lowest BCUT2D eigenvalue weighted by atomic mass is 9.61. The fourth-order valence-electron chi connectivity index (χ4n) is 6.65. The third kappa shape index (κ3) is 2.83. The van der Waals surface area contributed by atoms with Crippen LogP contribution in [-0.2, 0) is 29.4 Å². The number of benzene rings is 2. The molecule has 1 aliphatic heterocycles. The Kier molecular flexibility index (Phi) is 5.52. The molecule has 6 heteroatoms. The molecular weight excluding hydrogens is 442 g/mol. The van der Waals surface area contributed by atoms with E-state index in [1.807, 2.05) is 60.7 Å². The Balaban J connectivity index is 1.96. The maximum Gasteiger partial charge on any atom is 0.341 e. The van der Waals surface area contributed by atoms with Gasteiger partial charge in [-0.25, -0.2) is 4.79 Å². The molecule has 2 aromatic rings. The number of nitrogens with one attached hydrogen (secondary N) is 1. The molecule has 2 aromatic carbocycles. The summed E-state index contributed by atoms with van der Waals surface area (Å²) in [6.45, 7) is 4.42. The predicted molar refractivity (Wildman–Crippen MR) is 131 cm³/mol. The number of ketones is 1. The van der Waals surface area contributed by atoms with Gasteiger partial charge in [-0.15, -0.1) is 0 Å². The second-order valence-electron chi connectivity index (χ2n) is 9.54. The Bertz CT molecular complexity index is 1240. The highest BCUT2D eigenvalue weighted by atomic mass is 16.5. The van der Waals surface area contributed by atoms with Crippen LogP contribution in [0.1, 0.15) is 43.2 Å². The third-order valence-electron chi connectivity index (χ3n) is 8.07. The molecule has 2 aliphatic carbocycles. The van der Waals surface area contributed by atoms with Crippen molar-refractivity contribution in [1.29, 1.82) is 0 Å². The first-order valence-corrected chi connectivity index (χ1v) is 12.0. The maximum atomic E-state index is 14.5. The molecule has 0 unspecified atom stereocenters. The SMILES string of the molecule is C=C1C2(CCCCC2)N[C@@]2(c3ccccc3)C(c3ccccc3)=C(C(=O)OC)C(=O)[C@@]12C(=O)OC. The zero-order chi connectivity index (χ0) is 24.8. The van der Waals surface area contributed by atoms with Crippen LogP contribution in [0.25, 0.3) is 5.57 Å². The van der Waals surface area contributed by atoms with E-state index in [1.54, 1.807) is 0 Å². The first kappa shape index (κ1) is 23.2. The van der Waals surface area contributed by atoms with Crippen molar-refractivity contribution in [2.45, 2.75) is 43.2 Å². The van der Waals surface area contributed by atoms with E-state index in [4.69, 9.17) is 9.47 Å². The number of Topliss-reactive ketones (excluding diaryl/α,β-unsaturated/α-hetero) is 1. The molecule has 5 rings (SSSR count). The Morgan fingerprint density at radius 1 is 0.886 bits per heavy atom. The summed E-state index contributed by atoms with van der Waals surface area (Å²) >= 11 is 0. The van der Waals surface area contributed by atoms with Crippen LogP contribution in [0.5, 0.6) is 0 Å². The summed E-state index contributed by atoms with van der Waals surface area (Å²) in [5, 5.41) is 3.80. The van der Waals surface area contributed by atoms with Crippen LogP contribution in [0.15, 0.2) is 78.4 Å². The van der Waals surface area contributed by atoms with Crippen molar-refractivity contribution in [2.24, 2.45) is 5.41 Å². The molecule has 180 valence electrons. The van der Waals surface area contributed by atoms with Gasteiger partial charge in [0, 0.05) is 11.1 Å². The van der Waals surface area contributed by atoms with Crippen molar-refractivity contribution in [1.82, 2.24) is 5.32 Å². The number of rotatable bonds is 4. The van der Waals surface area contributed by atoms with E-state index in [9.17, 15) is 14.4 Å². The maximum absolute atomic E-state index is 14.5. The number of hydrogen-bond donors (Lipinski definition) is 1. The van der Waals surface area contributed by atoms with Crippen LogP contribution < -0.4 is 5.32 Å². The van der Waals surface area contributed by atoms with Crippen molar-refractivity contribution in [2.75, 3.05) is 14.2 Å². The van der Waals surface area contributed by atoms with E-state index < -0.39 is 34.2 Å². The summed E-state index contributed by atoms with van der Waals surface area (Å²) in [4.78, 5) is 41.7. The van der Waals surface area contributed by atoms with Crippen LogP contribution in [0.3, 0.4) is 0 Å². The summed E-state index contributed by atoms with van der Waals surface area (Å²) in [5.41, 5.74) is -1.80. The number of esters is 2. The molecule has 0 aromatic heterocycles. The lowest BCUT2D eigenvalue weighted by Gasteiger charge is -2.41. The largest absolute Gasteiger partial charge is 0.468 e. The molecule has 1 heterocycles. The van der Waals surface area contributed by atoms with Gasteiger partial charge in [0.25, 0.3) is 0 Å². The lowest BCUT2D eigenvalue weighted by molar-refractivity contribution is -0.156. The quantitative estimate of drug-likeness (QED) is 0.313. The minimum atomic E-state index is -1.85. The van der Waals surface area contributed by atoms with Crippen molar-refractivity contribution >= 4 is 23.3 Å². The molecular formula is C29H29NO5. The summed E-state index contributed by atoms with van der Waals surface area (Å²) < 4.78 is 10.5. The minimum absolute atomic E-state index is 0.146. The van der Waals surface area contributed by atoms with Crippen molar-refractivity contribution in [3.05, 3.63) is 89.5 Å². The molecule has 35 heavy (non-hydrogen) atoms. The Morgan fingerprint density at radius 3 is 2.06 bits per heavy atom. The van der Waals surface area contributed by atoms with Gasteiger partial charge in [-0.05, 0) is 29.5 Å². The lowest BCUT2D eigenvalue weighted by Crippen LogP contribution is -2.56. The van der Waals surface area contributed by atoms with E-state index in [2.05, 4.69) is 11.9 Å². The van der Waals surface area contributed by atoms with E-state index in [1.165, 1.54) is 14.2 Å². The summed E-state index contributed by atoms with van der Waals surface area (Å²) in [6.07, 6.45) is 4.43. The van der Waals surface area contributed by atoms with Gasteiger partial charge in [0.05, 0.1) is 19.8 Å². The summed E-state index contributed by atoms with van der Waals surface area (Å²) in [5.74, 6) is -2.13. The highest BCUT2D eigenvalue weighted by Crippen LogP contribution is 2.68. The van der Waals surface area contributed by atoms with Gasteiger partial charge in [0.2, 0.25) is 0 Å². The average Bonchev–Trinajstić information content (AvgIpc) is 3.27. The fraction of sp³-hybridized carbons (Fsp3) is 0.345. The van der Waals surface area contributed by atoms with E-state index >= 15 is 0 Å². The topological polar surface area (TPSA) is 81.7 Å². The smallest absolute Gasteiger partial charge is 0.341 e. The average molecular weight is 472 g/mol. The Labute approximate surface area is 205 Å². The van der Waals surface area contributed by atoms with Crippen molar-refractivity contribution < 1.29 is 23.9 Å². The standard InChI is InChI=1S/C29H29NO5/c1-19-27(17-11-6-12-18-27)30-29(21-15-9-5-10-16-21)23(20-13-7-4-8-14-20)22(25(32)34-2)24(31)28(19,29)26(33)35-3/h4-5,7-10,13-16,30H,1,6,11-12,17-18H2,2-3H3/t28-,29+/m1/s1. The third-order valence-corrected chi connectivity index (χ3v) is 8.07. The molecule has 0 radical (unpaired) electrons. The van der Waals surface area contributed by atoms with Gasteiger partial charge < -0.3 is 9.47 Å². The zero-order valence-electron chi connectivity index (χ0n) is 20.1. The molecule has 1 saturated heterocycles. The molecule has 3 aliphatic rings. The van der Waals surface area contributed by atoms with Gasteiger partial charge in [0.15, 0.2) is 11.2 Å². The van der Waals surface area contributed by atoms with Crippen LogP contribution in [0.2, 0.25) is 0 Å². The summed E-state index contributed by atoms with van der Waals surface area (Å²) in [7, 11) is 2.52. The first-order valence-electron chi connectivity index (χ1n) is 12.0. The van der Waals surface area contributed by atoms with Crippen LogP contribution in [0, 0.1) is 5.41 Å². The summed E-state index contributed by atoms with van der Waals surface area (Å²) in [6, 6.07) is 18.6. The predicted octanol–water partition coefficient (Wildman–Crippen LogP) is 4.11.